The number of hydrogen-bond acceptors (Lipinski definition) is 9. The second kappa shape index (κ2) is 6.27. The van der Waals surface area contributed by atoms with Crippen LogP contribution < -0.4 is 5.73 Å². The summed E-state index contributed by atoms with van der Waals surface area (Å²) in [6, 6.07) is 1.56. The zero-order chi connectivity index (χ0) is 18.4. The molecule has 7 N–H and O–H groups in total. The average Bonchev–Trinajstić information content (AvgIpc) is 3.07. The van der Waals surface area contributed by atoms with Gasteiger partial charge in [-0.15, -0.1) is 0 Å². The van der Waals surface area contributed by atoms with Crippen LogP contribution in [0.25, 0.3) is 11.0 Å². The largest absolute Gasteiger partial charge is 0.393 e. The summed E-state index contributed by atoms with van der Waals surface area (Å²) < 4.78 is 22.5. The van der Waals surface area contributed by atoms with Crippen molar-refractivity contribution in [3.63, 3.8) is 0 Å². The number of aromatic nitrogens is 3. The smallest absolute Gasteiger partial charge is 0.351 e. The lowest BCUT2D eigenvalue weighted by atomic mass is 9.98. The first-order valence-electron chi connectivity index (χ1n) is 7.07. The number of aliphatic hydroxyl groups is 3. The molecular weight excluding hydrogens is 359 g/mol. The highest BCUT2D eigenvalue weighted by Crippen LogP contribution is 2.42. The minimum Gasteiger partial charge on any atom is -0.393 e. The summed E-state index contributed by atoms with van der Waals surface area (Å²) >= 11 is 0. The fraction of sp³-hybridized carbons (Fsp3) is 0.500. The quantitative estimate of drug-likeness (QED) is 0.319. The van der Waals surface area contributed by atoms with Gasteiger partial charge in [-0.25, -0.2) is 9.97 Å². The number of ether oxygens (including phenoxy) is 2. The van der Waals surface area contributed by atoms with E-state index in [9.17, 15) is 19.9 Å². The molecule has 1 aliphatic heterocycles. The van der Waals surface area contributed by atoms with Crippen LogP contribution in [0.4, 0.5) is 5.82 Å². The monoisotopic (exact) mass is 376 g/mol. The van der Waals surface area contributed by atoms with Gasteiger partial charge in [0.15, 0.2) is 24.5 Å². The molecule has 0 bridgehead atoms. The Hall–Kier alpha value is -1.63. The Labute approximate surface area is 140 Å². The maximum atomic E-state index is 10.9. The van der Waals surface area contributed by atoms with Crippen molar-refractivity contribution in [1.29, 1.82) is 0 Å². The lowest BCUT2D eigenvalue weighted by Gasteiger charge is -2.29. The Balaban J connectivity index is 1.96. The van der Waals surface area contributed by atoms with E-state index in [0.29, 0.717) is 5.39 Å². The van der Waals surface area contributed by atoms with Gasteiger partial charge in [-0.2, -0.15) is 0 Å². The minimum absolute atomic E-state index is 0.184. The van der Waals surface area contributed by atoms with Gasteiger partial charge in [0.25, 0.3) is 0 Å². The molecule has 0 aromatic carbocycles. The number of fused-ring (bicyclic) bond motifs is 1. The van der Waals surface area contributed by atoms with E-state index in [-0.39, 0.29) is 11.5 Å². The molecule has 12 nitrogen and oxygen atoms in total. The fourth-order valence-electron chi connectivity index (χ4n) is 2.66. The van der Waals surface area contributed by atoms with Crippen molar-refractivity contribution < 1.29 is 39.1 Å². The van der Waals surface area contributed by atoms with Crippen LogP contribution >= 0.6 is 7.60 Å². The number of hydrogen-bond donors (Lipinski definition) is 6. The van der Waals surface area contributed by atoms with Crippen LogP contribution in [0.3, 0.4) is 0 Å². The van der Waals surface area contributed by atoms with Crippen molar-refractivity contribution in [3.05, 3.63) is 18.6 Å². The number of nitrogens with two attached hydrogens (primary N) is 1. The maximum absolute atomic E-state index is 10.9. The first-order valence-corrected chi connectivity index (χ1v) is 8.87. The third kappa shape index (κ3) is 3.14. The van der Waals surface area contributed by atoms with E-state index in [1.165, 1.54) is 17.1 Å². The second-order valence-electron chi connectivity index (χ2n) is 5.63. The van der Waals surface area contributed by atoms with Crippen molar-refractivity contribution in [2.45, 2.75) is 24.2 Å². The number of anilines is 1. The zero-order valence-corrected chi connectivity index (χ0v) is 13.6. The number of nitrogen functional groups attached to an aromatic ring is 1. The SMILES string of the molecule is Nc1ncnc2c1ccn2[C@@H]1O[C@H](OCP(=O)(O)O)C(O)[C@]1(O)CO. The predicted molar refractivity (Wildman–Crippen MR) is 81.9 cm³/mol. The Morgan fingerprint density at radius 2 is 2.16 bits per heavy atom. The van der Waals surface area contributed by atoms with Gasteiger partial charge in [0.05, 0.1) is 12.0 Å². The number of nitrogens with zero attached hydrogens (tertiary/aromatic N) is 3. The van der Waals surface area contributed by atoms with Gasteiger partial charge < -0.3 is 44.9 Å². The zero-order valence-electron chi connectivity index (χ0n) is 12.7. The van der Waals surface area contributed by atoms with Crippen molar-refractivity contribution in [2.75, 3.05) is 18.7 Å². The molecule has 1 unspecified atom stereocenters. The molecule has 0 amide bonds. The highest BCUT2D eigenvalue weighted by Gasteiger charge is 2.57. The van der Waals surface area contributed by atoms with E-state index >= 15 is 0 Å². The summed E-state index contributed by atoms with van der Waals surface area (Å²) in [5.74, 6) is 0.184. The molecule has 0 saturated carbocycles. The van der Waals surface area contributed by atoms with Crippen LogP contribution in [-0.4, -0.2) is 70.6 Å². The normalized spacial score (nSPS) is 30.2. The van der Waals surface area contributed by atoms with E-state index in [4.69, 9.17) is 25.0 Å². The Kier molecular flexibility index (Phi) is 4.56. The first kappa shape index (κ1) is 18.2. The summed E-state index contributed by atoms with van der Waals surface area (Å²) in [5.41, 5.74) is 3.81. The second-order valence-corrected chi connectivity index (χ2v) is 7.22. The molecule has 13 heteroatoms. The molecular formula is C12H17N4O8P. The molecule has 1 saturated heterocycles. The summed E-state index contributed by atoms with van der Waals surface area (Å²) in [6.45, 7) is -0.908. The summed E-state index contributed by atoms with van der Waals surface area (Å²) in [4.78, 5) is 25.6. The van der Waals surface area contributed by atoms with E-state index in [2.05, 4.69) is 9.97 Å². The lowest BCUT2D eigenvalue weighted by molar-refractivity contribution is -0.168. The number of rotatable bonds is 5. The maximum Gasteiger partial charge on any atom is 0.351 e. The molecule has 25 heavy (non-hydrogen) atoms. The number of aliphatic hydroxyl groups excluding tert-OH is 2. The van der Waals surface area contributed by atoms with Crippen molar-refractivity contribution >= 4 is 24.4 Å². The summed E-state index contributed by atoms with van der Waals surface area (Å²) in [6.07, 6.45) is -3.07. The topological polar surface area (TPSA) is 193 Å². The van der Waals surface area contributed by atoms with Gasteiger partial charge >= 0.3 is 7.60 Å². The van der Waals surface area contributed by atoms with Crippen molar-refractivity contribution in [2.24, 2.45) is 0 Å². The van der Waals surface area contributed by atoms with Crippen LogP contribution in [0.5, 0.6) is 0 Å². The molecule has 0 aliphatic carbocycles. The fourth-order valence-corrected chi connectivity index (χ4v) is 3.00. The average molecular weight is 376 g/mol. The van der Waals surface area contributed by atoms with E-state index in [1.54, 1.807) is 6.07 Å². The van der Waals surface area contributed by atoms with E-state index in [0.717, 1.165) is 0 Å². The molecule has 2 aromatic rings. The van der Waals surface area contributed by atoms with Crippen molar-refractivity contribution in [3.8, 4) is 0 Å². The lowest BCUT2D eigenvalue weighted by Crippen LogP contribution is -2.49. The minimum atomic E-state index is -4.52. The van der Waals surface area contributed by atoms with Crippen molar-refractivity contribution in [1.82, 2.24) is 14.5 Å². The molecule has 1 fully saturated rings. The summed E-state index contributed by atoms with van der Waals surface area (Å²) in [7, 11) is -4.52. The standard InChI is InChI=1S/C12H17N4O8P/c13-8-6-1-2-16(9(6)15-4-14-8)11-12(19,3-17)7(18)10(24-11)23-5-25(20,21)22/h1-2,4,7,10-11,17-19H,3,5H2,(H2,13,14,15)(H2,20,21,22)/t7?,10-,11+,12+/m0/s1. The highest BCUT2D eigenvalue weighted by molar-refractivity contribution is 7.51. The molecule has 4 atom stereocenters. The van der Waals surface area contributed by atoms with E-state index < -0.39 is 44.8 Å². The van der Waals surface area contributed by atoms with Gasteiger partial charge in [0, 0.05) is 6.20 Å². The molecule has 138 valence electrons. The molecule has 0 spiro atoms. The Morgan fingerprint density at radius 3 is 2.80 bits per heavy atom. The molecule has 1 aliphatic rings. The molecule has 0 radical (unpaired) electrons. The van der Waals surface area contributed by atoms with E-state index in [1.807, 2.05) is 0 Å². The first-order chi connectivity index (χ1) is 11.7. The Bertz CT molecular complexity index is 825. The molecule has 3 rings (SSSR count). The van der Waals surface area contributed by atoms with Gasteiger partial charge in [0.2, 0.25) is 0 Å². The Morgan fingerprint density at radius 1 is 1.44 bits per heavy atom. The summed E-state index contributed by atoms with van der Waals surface area (Å²) in [5, 5.41) is 30.9. The highest BCUT2D eigenvalue weighted by atomic mass is 31.2. The molecule has 3 heterocycles. The van der Waals surface area contributed by atoms with Crippen LogP contribution in [0, 0.1) is 0 Å². The van der Waals surface area contributed by atoms with Crippen LogP contribution in [0.15, 0.2) is 18.6 Å². The third-order valence-electron chi connectivity index (χ3n) is 3.91. The van der Waals surface area contributed by atoms with Crippen LogP contribution in [0.1, 0.15) is 6.23 Å². The predicted octanol–water partition coefficient (Wildman–Crippen LogP) is -1.90. The molecule has 2 aromatic heterocycles. The van der Waals surface area contributed by atoms with Gasteiger partial charge in [0.1, 0.15) is 23.9 Å². The van der Waals surface area contributed by atoms with Crippen LogP contribution in [0.2, 0.25) is 0 Å². The van der Waals surface area contributed by atoms with Crippen LogP contribution in [-0.2, 0) is 14.0 Å². The van der Waals surface area contributed by atoms with Gasteiger partial charge in [-0.3, -0.25) is 4.57 Å². The van der Waals surface area contributed by atoms with Gasteiger partial charge in [-0.05, 0) is 6.07 Å². The van der Waals surface area contributed by atoms with Gasteiger partial charge in [-0.1, -0.05) is 0 Å². The third-order valence-corrected chi connectivity index (χ3v) is 4.40.